The van der Waals surface area contributed by atoms with Gasteiger partial charge in [0.1, 0.15) is 5.75 Å². The van der Waals surface area contributed by atoms with Gasteiger partial charge >= 0.3 is 0 Å². The number of benzene rings is 1. The van der Waals surface area contributed by atoms with Gasteiger partial charge in [0.25, 0.3) is 0 Å². The van der Waals surface area contributed by atoms with Gasteiger partial charge in [-0.25, -0.2) is 0 Å². The number of ether oxygens (including phenoxy) is 1. The van der Waals surface area contributed by atoms with Gasteiger partial charge in [0.05, 0.1) is 12.9 Å². The number of nitrogens with zero attached hydrogens (tertiary/aromatic N) is 3. The maximum Gasteiger partial charge on any atom is 0.200 e. The topological polar surface area (TPSA) is 53.1 Å². The van der Waals surface area contributed by atoms with Crippen LogP contribution in [0.5, 0.6) is 5.75 Å². The second-order valence-electron chi connectivity index (χ2n) is 5.04. The van der Waals surface area contributed by atoms with Gasteiger partial charge in [0, 0.05) is 12.8 Å². The standard InChI is InChI=1S/C17H19N3O2S/c1-3-13-6-4-7-14(12-13)21-10-11-23-17-19-18-16(20(17)2)15-8-5-9-22-15/h4-9,12H,3,10-11H2,1-2H3. The van der Waals surface area contributed by atoms with Crippen molar-refractivity contribution in [2.45, 2.75) is 18.5 Å². The SMILES string of the molecule is CCc1cccc(OCCSc2nnc(-c3ccco3)n2C)c1. The number of hydrogen-bond donors (Lipinski definition) is 0. The molecule has 0 saturated heterocycles. The van der Waals surface area contributed by atoms with Gasteiger partial charge in [-0.1, -0.05) is 30.8 Å². The Kier molecular flexibility index (Phi) is 5.02. The van der Waals surface area contributed by atoms with Crippen LogP contribution in [0.1, 0.15) is 12.5 Å². The molecule has 0 spiro atoms. The molecular formula is C17H19N3O2S. The van der Waals surface area contributed by atoms with Gasteiger partial charge in [-0.2, -0.15) is 0 Å². The molecule has 0 bridgehead atoms. The quantitative estimate of drug-likeness (QED) is 0.487. The van der Waals surface area contributed by atoms with Crippen LogP contribution >= 0.6 is 11.8 Å². The number of thioether (sulfide) groups is 1. The van der Waals surface area contributed by atoms with Gasteiger partial charge < -0.3 is 13.7 Å². The molecule has 0 unspecified atom stereocenters. The number of furan rings is 1. The van der Waals surface area contributed by atoms with Crippen LogP contribution in [0.15, 0.2) is 52.2 Å². The molecule has 3 aromatic rings. The Balaban J connectivity index is 1.53. The van der Waals surface area contributed by atoms with Crippen LogP contribution in [0, 0.1) is 0 Å². The molecule has 0 atom stereocenters. The Bertz CT molecular complexity index is 753. The molecule has 2 heterocycles. The Hall–Kier alpha value is -2.21. The minimum Gasteiger partial charge on any atom is -0.493 e. The minimum absolute atomic E-state index is 0.626. The molecule has 0 aliphatic heterocycles. The zero-order valence-electron chi connectivity index (χ0n) is 13.2. The molecule has 0 saturated carbocycles. The number of aromatic nitrogens is 3. The molecule has 0 radical (unpaired) electrons. The second kappa shape index (κ2) is 7.37. The number of rotatable bonds is 7. The van der Waals surface area contributed by atoms with E-state index < -0.39 is 0 Å². The Morgan fingerprint density at radius 3 is 2.91 bits per heavy atom. The monoisotopic (exact) mass is 329 g/mol. The lowest BCUT2D eigenvalue weighted by molar-refractivity contribution is 0.343. The molecule has 1 aromatic carbocycles. The summed E-state index contributed by atoms with van der Waals surface area (Å²) in [6.07, 6.45) is 2.65. The average molecular weight is 329 g/mol. The van der Waals surface area contributed by atoms with E-state index in [1.54, 1.807) is 18.0 Å². The normalized spacial score (nSPS) is 10.9. The van der Waals surface area contributed by atoms with E-state index in [1.165, 1.54) is 5.56 Å². The third-order valence-corrected chi connectivity index (χ3v) is 4.45. The van der Waals surface area contributed by atoms with Crippen molar-refractivity contribution in [1.82, 2.24) is 14.8 Å². The first-order valence-corrected chi connectivity index (χ1v) is 8.54. The van der Waals surface area contributed by atoms with Crippen molar-refractivity contribution in [3.8, 4) is 17.3 Å². The van der Waals surface area contributed by atoms with Gasteiger partial charge in [0.2, 0.25) is 0 Å². The van der Waals surface area contributed by atoms with Crippen molar-refractivity contribution in [2.75, 3.05) is 12.4 Å². The molecule has 6 heteroatoms. The molecule has 2 aromatic heterocycles. The van der Waals surface area contributed by atoms with Gasteiger partial charge in [-0.3, -0.25) is 0 Å². The maximum atomic E-state index is 5.79. The van der Waals surface area contributed by atoms with E-state index in [9.17, 15) is 0 Å². The van der Waals surface area contributed by atoms with E-state index in [0.29, 0.717) is 6.61 Å². The van der Waals surface area contributed by atoms with Crippen molar-refractivity contribution < 1.29 is 9.15 Å². The van der Waals surface area contributed by atoms with Crippen LogP contribution in [0.2, 0.25) is 0 Å². The highest BCUT2D eigenvalue weighted by Gasteiger charge is 2.12. The molecule has 0 aliphatic carbocycles. The Morgan fingerprint density at radius 1 is 1.22 bits per heavy atom. The summed E-state index contributed by atoms with van der Waals surface area (Å²) in [5.41, 5.74) is 1.28. The van der Waals surface area contributed by atoms with E-state index in [-0.39, 0.29) is 0 Å². The summed E-state index contributed by atoms with van der Waals surface area (Å²) in [5, 5.41) is 9.23. The van der Waals surface area contributed by atoms with Crippen LogP contribution in [0.25, 0.3) is 11.6 Å². The van der Waals surface area contributed by atoms with Crippen LogP contribution in [-0.4, -0.2) is 27.1 Å². The summed E-state index contributed by atoms with van der Waals surface area (Å²) in [5.74, 6) is 3.17. The lowest BCUT2D eigenvalue weighted by Gasteiger charge is -2.07. The lowest BCUT2D eigenvalue weighted by Crippen LogP contribution is -2.02. The fourth-order valence-electron chi connectivity index (χ4n) is 2.21. The average Bonchev–Trinajstić information content (AvgIpc) is 3.22. The summed E-state index contributed by atoms with van der Waals surface area (Å²) in [7, 11) is 1.94. The predicted octanol–water partition coefficient (Wildman–Crippen LogP) is 3.81. The largest absolute Gasteiger partial charge is 0.493 e. The van der Waals surface area contributed by atoms with E-state index >= 15 is 0 Å². The van der Waals surface area contributed by atoms with E-state index in [2.05, 4.69) is 29.3 Å². The fourth-order valence-corrected chi connectivity index (χ4v) is 2.94. The molecule has 0 N–H and O–H groups in total. The first-order valence-electron chi connectivity index (χ1n) is 7.55. The highest BCUT2D eigenvalue weighted by atomic mass is 32.2. The predicted molar refractivity (Wildman–Crippen MR) is 90.7 cm³/mol. The first kappa shape index (κ1) is 15.7. The fraction of sp³-hybridized carbons (Fsp3) is 0.294. The van der Waals surface area contributed by atoms with Crippen LogP contribution in [0.3, 0.4) is 0 Å². The third kappa shape index (κ3) is 3.76. The van der Waals surface area contributed by atoms with Crippen molar-refractivity contribution in [3.63, 3.8) is 0 Å². The summed E-state index contributed by atoms with van der Waals surface area (Å²) < 4.78 is 13.1. The van der Waals surface area contributed by atoms with Crippen LogP contribution in [-0.2, 0) is 13.5 Å². The van der Waals surface area contributed by atoms with Gasteiger partial charge in [-0.15, -0.1) is 10.2 Å². The minimum atomic E-state index is 0.626. The molecular weight excluding hydrogens is 310 g/mol. The van der Waals surface area contributed by atoms with E-state index in [4.69, 9.17) is 9.15 Å². The van der Waals surface area contributed by atoms with E-state index in [0.717, 1.165) is 34.7 Å². The van der Waals surface area contributed by atoms with Crippen LogP contribution < -0.4 is 4.74 Å². The molecule has 5 nitrogen and oxygen atoms in total. The van der Waals surface area contributed by atoms with Crippen molar-refractivity contribution >= 4 is 11.8 Å². The van der Waals surface area contributed by atoms with Gasteiger partial charge in [-0.05, 0) is 36.2 Å². The van der Waals surface area contributed by atoms with Crippen molar-refractivity contribution in [3.05, 3.63) is 48.2 Å². The number of aryl methyl sites for hydroxylation is 1. The molecule has 3 rings (SSSR count). The zero-order valence-corrected chi connectivity index (χ0v) is 14.0. The maximum absolute atomic E-state index is 5.79. The third-order valence-electron chi connectivity index (χ3n) is 3.47. The second-order valence-corrected chi connectivity index (χ2v) is 6.10. The molecule has 0 amide bonds. The Labute approximate surface area is 139 Å². The smallest absolute Gasteiger partial charge is 0.200 e. The van der Waals surface area contributed by atoms with E-state index in [1.807, 2.05) is 35.9 Å². The summed E-state index contributed by atoms with van der Waals surface area (Å²) in [6.45, 7) is 2.76. The molecule has 23 heavy (non-hydrogen) atoms. The first-order chi connectivity index (χ1) is 11.3. The zero-order chi connectivity index (χ0) is 16.1. The summed E-state index contributed by atoms with van der Waals surface area (Å²) in [4.78, 5) is 0. The highest BCUT2D eigenvalue weighted by molar-refractivity contribution is 7.99. The Morgan fingerprint density at radius 2 is 2.13 bits per heavy atom. The molecule has 0 fully saturated rings. The van der Waals surface area contributed by atoms with Crippen LogP contribution in [0.4, 0.5) is 0 Å². The summed E-state index contributed by atoms with van der Waals surface area (Å²) >= 11 is 1.62. The lowest BCUT2D eigenvalue weighted by atomic mass is 10.2. The highest BCUT2D eigenvalue weighted by Crippen LogP contribution is 2.23. The molecule has 120 valence electrons. The van der Waals surface area contributed by atoms with Crippen molar-refractivity contribution in [1.29, 1.82) is 0 Å². The number of hydrogen-bond acceptors (Lipinski definition) is 5. The summed E-state index contributed by atoms with van der Waals surface area (Å²) in [6, 6.07) is 11.9. The van der Waals surface area contributed by atoms with Crippen molar-refractivity contribution in [2.24, 2.45) is 7.05 Å². The molecule has 0 aliphatic rings. The van der Waals surface area contributed by atoms with Gasteiger partial charge in [0.15, 0.2) is 16.7 Å².